The van der Waals surface area contributed by atoms with Gasteiger partial charge in [0.1, 0.15) is 42.4 Å². The zero-order chi connectivity index (χ0) is 88.6. The molecule has 34 heteroatoms. The fraction of sp³-hybridized carbons (Fsp3) is 0.516. The lowest BCUT2D eigenvalue weighted by molar-refractivity contribution is -0.157. The normalized spacial score (nSPS) is 26.1. The number of amides is 1. The molecule has 8 bridgehead atoms. The van der Waals surface area contributed by atoms with Crippen molar-refractivity contribution >= 4 is 65.4 Å². The SMILES string of the molecule is C.C.CCCC(=O)Oc1cc2c(cc1OC)[C@@]1(CS[C@@H]3c4c(OC(C)=O)c(C)c5c(c4[C@H](COC1=O)N1C3[C@@H]3N[C@@H](Cc4cc(C)c(OC)c(O)c43)[C@@H]1C#N)OCO5)NCC2.CCCC(=O)Oc1cc2c(cc1OC)[C@@]1(CS[C@@H]3c4c(OC(C)=O)c(C)c5c(c4[C@H](COC1=O)N1C3[C@H]3c4c(cc(C)c(OC)c4O)C[C@@H]([C@@H]1C#N)N3C(=O)OC(C)(C)C)OCO5)NCC2. The number of thioether (sulfide) groups is 2. The van der Waals surface area contributed by atoms with Gasteiger partial charge in [-0.25, -0.2) is 14.4 Å². The maximum atomic E-state index is 15.2. The highest BCUT2D eigenvalue weighted by molar-refractivity contribution is 7.99. The van der Waals surface area contributed by atoms with E-state index in [1.165, 1.54) is 65.8 Å². The van der Waals surface area contributed by atoms with Crippen molar-refractivity contribution in [3.05, 3.63) is 125 Å². The van der Waals surface area contributed by atoms with Crippen molar-refractivity contribution in [1.82, 2.24) is 30.7 Å². The third-order valence-electron chi connectivity index (χ3n) is 26.0. The van der Waals surface area contributed by atoms with E-state index in [0.29, 0.717) is 147 Å². The molecule has 6 aromatic carbocycles. The summed E-state index contributed by atoms with van der Waals surface area (Å²) in [5.74, 6) is 0.678. The van der Waals surface area contributed by atoms with E-state index in [-0.39, 0.29) is 125 Å². The molecule has 14 atom stereocenters. The van der Waals surface area contributed by atoms with Gasteiger partial charge in [-0.3, -0.25) is 44.5 Å². The number of phenols is 2. The van der Waals surface area contributed by atoms with Gasteiger partial charge >= 0.3 is 41.9 Å². The van der Waals surface area contributed by atoms with Crippen LogP contribution in [0.15, 0.2) is 36.4 Å². The first-order valence-corrected chi connectivity index (χ1v) is 44.1. The Morgan fingerprint density at radius 1 is 0.551 bits per heavy atom. The van der Waals surface area contributed by atoms with E-state index >= 15 is 4.79 Å². The summed E-state index contributed by atoms with van der Waals surface area (Å²) >= 11 is 2.81. The number of carbonyl (C=O) groups excluding carboxylic acids is 7. The molecule has 14 aliphatic rings. The number of methoxy groups -OCH3 is 4. The zero-order valence-corrected chi connectivity index (χ0v) is 73.8. The van der Waals surface area contributed by atoms with Gasteiger partial charge in [-0.05, 0) is 156 Å². The highest BCUT2D eigenvalue weighted by atomic mass is 32.2. The molecule has 2 unspecified atom stereocenters. The van der Waals surface area contributed by atoms with E-state index in [0.717, 1.165) is 27.8 Å². The maximum absolute atomic E-state index is 15.2. The molecule has 14 heterocycles. The van der Waals surface area contributed by atoms with Gasteiger partial charge in [-0.2, -0.15) is 10.5 Å². The van der Waals surface area contributed by atoms with Crippen LogP contribution in [-0.2, 0) is 79.7 Å². The number of fused-ring (bicyclic) bond motifs is 18. The van der Waals surface area contributed by atoms with Crippen LogP contribution >= 0.6 is 23.5 Å². The zero-order valence-electron chi connectivity index (χ0n) is 72.1. The summed E-state index contributed by atoms with van der Waals surface area (Å²) in [5.41, 5.74) is 6.45. The fourth-order valence-electron chi connectivity index (χ4n) is 21.2. The van der Waals surface area contributed by atoms with Crippen LogP contribution in [-0.4, -0.2) is 189 Å². The minimum absolute atomic E-state index is 0. The third kappa shape index (κ3) is 14.7. The number of nitrogens with zero attached hydrogens (tertiary/aromatic N) is 5. The van der Waals surface area contributed by atoms with E-state index in [9.17, 15) is 49.5 Å². The summed E-state index contributed by atoms with van der Waals surface area (Å²) in [6.07, 6.45) is 2.63. The highest BCUT2D eigenvalue weighted by Crippen LogP contribution is 2.68. The molecule has 32 nitrogen and oxygen atoms in total. The molecule has 14 aliphatic heterocycles. The molecule has 1 amide bonds. The molecular weight excluding hydrogens is 1680 g/mol. The Balaban J connectivity index is 0.000000194. The van der Waals surface area contributed by atoms with E-state index in [1.54, 1.807) is 56.9 Å². The van der Waals surface area contributed by atoms with E-state index in [4.69, 9.17) is 71.1 Å². The molecular formula is C93H108N8O24S2. The molecule has 0 aliphatic carbocycles. The van der Waals surface area contributed by atoms with Crippen molar-refractivity contribution in [1.29, 1.82) is 10.5 Å². The summed E-state index contributed by atoms with van der Waals surface area (Å²) < 4.78 is 90.6. The number of aryl methyl sites for hydroxylation is 2. The van der Waals surface area contributed by atoms with Gasteiger partial charge in [-0.1, -0.05) is 40.8 Å². The Bertz CT molecular complexity index is 5630. The molecule has 4 saturated heterocycles. The molecule has 676 valence electrons. The second-order valence-electron chi connectivity index (χ2n) is 34.4. The lowest BCUT2D eigenvalue weighted by atomic mass is 9.71. The standard InChI is InChI=1S/C48H54N4O13S.C43H46N4O11S.2CH4/c1-10-11-33(54)64-32-16-25-12-13-50-48(27(25)17-31(32)58-8)20-66-44-36-35(43-42(61-21-62-43)23(3)41(36)63-24(4)53)30(19-60-45(48)56)51-29(18-49)28-15-26-14-22(2)40(59-9)39(55)34(26)37(38(44)51)52(28)46(57)65-47(5,6)7;1-7-8-30(49)58-29-13-22-9-10-45-43(24(22)14-28(29)52-5)17-59-41-33-32(40-39(55-18-56-40)20(3)38(33)57-21(4)48)27(16-54-42(43)51)47-26(15-44)25-12-23-11-19(2)37(53-6)36(50)31(23)34(46-25)35(41)47;;/h14,16-17,28-30,37-38,44,50,55H,10-13,15,19-21H2,1-9H3;11,13-14,25-27,34-35,41,45-46,50H,7-10,12,16-18H2,1-6H3;2*1H4/t28-,29-,30-,37+,38?,44+,48+;25-,26-,27-,34+,35?,41+,43+;;/m00../s1. The molecule has 0 saturated carbocycles. The number of phenolic OH excluding ortho intramolecular Hbond substituents is 2. The first-order chi connectivity index (χ1) is 59.9. The van der Waals surface area contributed by atoms with Gasteiger partial charge in [0.25, 0.3) is 0 Å². The van der Waals surface area contributed by atoms with Crippen LogP contribution in [0, 0.1) is 50.4 Å². The van der Waals surface area contributed by atoms with Gasteiger partial charge in [0.15, 0.2) is 80.1 Å². The van der Waals surface area contributed by atoms with Crippen molar-refractivity contribution in [2.45, 2.75) is 230 Å². The number of benzene rings is 6. The summed E-state index contributed by atoms with van der Waals surface area (Å²) in [6.45, 7) is 19.1. The summed E-state index contributed by atoms with van der Waals surface area (Å²) in [7, 11) is 5.94. The van der Waals surface area contributed by atoms with Crippen molar-refractivity contribution < 1.29 is 115 Å². The summed E-state index contributed by atoms with van der Waals surface area (Å²) in [5, 5.41) is 56.3. The van der Waals surface area contributed by atoms with Gasteiger partial charge < -0.3 is 86.6 Å². The summed E-state index contributed by atoms with van der Waals surface area (Å²) in [4.78, 5) is 102. The number of hydrogen-bond acceptors (Lipinski definition) is 33. The average molecular weight is 1790 g/mol. The van der Waals surface area contributed by atoms with Gasteiger partial charge in [-0.15, -0.1) is 23.5 Å². The van der Waals surface area contributed by atoms with Gasteiger partial charge in [0.05, 0.1) is 87.3 Å². The lowest BCUT2D eigenvalue weighted by Crippen LogP contribution is -2.71. The molecule has 4 fully saturated rings. The van der Waals surface area contributed by atoms with Crippen LogP contribution in [0.25, 0.3) is 0 Å². The summed E-state index contributed by atoms with van der Waals surface area (Å²) in [6, 6.07) is 8.40. The quantitative estimate of drug-likeness (QED) is 0.0431. The van der Waals surface area contributed by atoms with Crippen molar-refractivity contribution in [3.8, 4) is 92.6 Å². The van der Waals surface area contributed by atoms with Gasteiger partial charge in [0.2, 0.25) is 13.6 Å². The van der Waals surface area contributed by atoms with Crippen LogP contribution in [0.4, 0.5) is 4.79 Å². The Labute approximate surface area is 745 Å². The number of esters is 6. The van der Waals surface area contributed by atoms with Crippen LogP contribution < -0.4 is 72.8 Å². The Hall–Kier alpha value is -11.1. The number of nitriles is 2. The number of carbonyl (C=O) groups is 7. The molecule has 0 aromatic heterocycles. The van der Waals surface area contributed by atoms with Crippen molar-refractivity contribution in [2.24, 2.45) is 0 Å². The highest BCUT2D eigenvalue weighted by Gasteiger charge is 2.66. The second kappa shape index (κ2) is 34.8. The monoisotopic (exact) mass is 1780 g/mol. The number of ether oxygens (including phenoxy) is 15. The predicted octanol–water partition coefficient (Wildman–Crippen LogP) is 12.2. The number of hydrogen-bond donors (Lipinski definition) is 5. The third-order valence-corrected chi connectivity index (χ3v) is 28.9. The minimum Gasteiger partial charge on any atom is -0.504 e. The van der Waals surface area contributed by atoms with Crippen LogP contribution in [0.3, 0.4) is 0 Å². The lowest BCUT2D eigenvalue weighted by Gasteiger charge is -2.62. The van der Waals surface area contributed by atoms with Crippen LogP contribution in [0.2, 0.25) is 0 Å². The van der Waals surface area contributed by atoms with Crippen LogP contribution in [0.5, 0.6) is 80.5 Å². The fourth-order valence-corrected chi connectivity index (χ4v) is 24.6. The largest absolute Gasteiger partial charge is 0.504 e. The minimum atomic E-state index is -1.52. The molecule has 2 spiro atoms. The number of piperazine rings is 2. The van der Waals surface area contributed by atoms with Crippen molar-refractivity contribution in [2.75, 3.05) is 79.8 Å². The Morgan fingerprint density at radius 3 is 1.44 bits per heavy atom. The number of aromatic hydroxyl groups is 2. The van der Waals surface area contributed by atoms with E-state index < -0.39 is 117 Å². The average Bonchev–Trinajstić information content (AvgIpc) is 1.50. The predicted molar refractivity (Wildman–Crippen MR) is 463 cm³/mol. The maximum Gasteiger partial charge on any atom is 0.411 e. The van der Waals surface area contributed by atoms with E-state index in [2.05, 4.69) is 33.0 Å². The number of nitrogens with one attached hydrogen (secondary N) is 3. The molecule has 6 aromatic rings. The Kier molecular flexibility index (Phi) is 24.9. The van der Waals surface area contributed by atoms with Crippen molar-refractivity contribution in [3.63, 3.8) is 0 Å². The molecule has 127 heavy (non-hydrogen) atoms. The first kappa shape index (κ1) is 90.7. The van der Waals surface area contributed by atoms with Gasteiger partial charge in [0, 0.05) is 108 Å². The second-order valence-corrected chi connectivity index (χ2v) is 36.6. The molecule has 5 N–H and O–H groups in total. The topological polar surface area (TPSA) is 392 Å². The van der Waals surface area contributed by atoms with E-state index in [1.807, 2.05) is 51.7 Å². The molecule has 0 radical (unpaired) electrons. The Morgan fingerprint density at radius 2 is 1.00 bits per heavy atom. The first-order valence-electron chi connectivity index (χ1n) is 42.0. The number of rotatable bonds is 12. The molecule has 20 rings (SSSR count). The smallest absolute Gasteiger partial charge is 0.411 e. The van der Waals surface area contributed by atoms with Crippen LogP contribution in [0.1, 0.15) is 213 Å².